The predicted octanol–water partition coefficient (Wildman–Crippen LogP) is 3.39. The van der Waals surface area contributed by atoms with Crippen molar-refractivity contribution in [1.29, 1.82) is 0 Å². The molecule has 1 aliphatic heterocycles. The molecule has 0 bridgehead atoms. The molecule has 0 spiro atoms. The summed E-state index contributed by atoms with van der Waals surface area (Å²) in [6.45, 7) is 0. The number of anilines is 1. The molecular weight excluding hydrogens is 330 g/mol. The molecule has 5 heteroatoms. The van der Waals surface area contributed by atoms with Crippen LogP contribution in [0, 0.1) is 0 Å². The molecule has 0 aliphatic carbocycles. The van der Waals surface area contributed by atoms with Crippen LogP contribution in [0.15, 0.2) is 66.7 Å². The van der Waals surface area contributed by atoms with E-state index in [2.05, 4.69) is 5.32 Å². The highest BCUT2D eigenvalue weighted by atomic mass is 16.5. The van der Waals surface area contributed by atoms with Crippen molar-refractivity contribution in [2.75, 3.05) is 12.4 Å². The maximum absolute atomic E-state index is 13.2. The van der Waals surface area contributed by atoms with Gasteiger partial charge in [0, 0.05) is 17.3 Å². The van der Waals surface area contributed by atoms with Crippen LogP contribution < -0.4 is 10.1 Å². The highest BCUT2D eigenvalue weighted by molar-refractivity contribution is 6.11. The molecule has 1 aliphatic rings. The van der Waals surface area contributed by atoms with Gasteiger partial charge in [-0.15, -0.1) is 0 Å². The van der Waals surface area contributed by atoms with Crippen LogP contribution in [0.25, 0.3) is 0 Å². The lowest BCUT2D eigenvalue weighted by Crippen LogP contribution is -2.36. The van der Waals surface area contributed by atoms with Crippen LogP contribution in [-0.2, 0) is 10.2 Å². The SMILES string of the molecule is COc1ccc2c(c1)NC(=O)C2(c1ccc(O)cc1)c1ccc(O)cc1. The van der Waals surface area contributed by atoms with Crippen molar-refractivity contribution in [2.24, 2.45) is 0 Å². The number of fused-ring (bicyclic) bond motifs is 1. The Morgan fingerprint density at radius 2 is 1.38 bits per heavy atom. The molecule has 3 aromatic carbocycles. The van der Waals surface area contributed by atoms with E-state index in [4.69, 9.17) is 4.74 Å². The lowest BCUT2D eigenvalue weighted by Gasteiger charge is -2.29. The quantitative estimate of drug-likeness (QED) is 0.679. The van der Waals surface area contributed by atoms with Crippen molar-refractivity contribution in [2.45, 2.75) is 5.41 Å². The fourth-order valence-electron chi connectivity index (χ4n) is 3.58. The van der Waals surface area contributed by atoms with Gasteiger partial charge >= 0.3 is 0 Å². The number of phenols is 2. The summed E-state index contributed by atoms with van der Waals surface area (Å²) < 4.78 is 5.27. The molecule has 0 aromatic heterocycles. The van der Waals surface area contributed by atoms with Crippen LogP contribution >= 0.6 is 0 Å². The van der Waals surface area contributed by atoms with E-state index in [1.54, 1.807) is 61.7 Å². The number of rotatable bonds is 3. The zero-order valence-electron chi connectivity index (χ0n) is 14.1. The van der Waals surface area contributed by atoms with E-state index in [9.17, 15) is 15.0 Å². The molecular formula is C21H17NO4. The Bertz CT molecular complexity index is 932. The van der Waals surface area contributed by atoms with Gasteiger partial charge < -0.3 is 20.3 Å². The molecule has 1 heterocycles. The van der Waals surface area contributed by atoms with E-state index < -0.39 is 5.41 Å². The minimum Gasteiger partial charge on any atom is -0.508 e. The molecule has 3 aromatic rings. The second-order valence-electron chi connectivity index (χ2n) is 6.21. The van der Waals surface area contributed by atoms with E-state index in [0.717, 1.165) is 16.7 Å². The number of methoxy groups -OCH3 is 1. The van der Waals surface area contributed by atoms with Gasteiger partial charge in [-0.25, -0.2) is 0 Å². The smallest absolute Gasteiger partial charge is 0.244 e. The highest BCUT2D eigenvalue weighted by Crippen LogP contribution is 2.48. The van der Waals surface area contributed by atoms with Gasteiger partial charge in [0.15, 0.2) is 0 Å². The Morgan fingerprint density at radius 3 is 1.88 bits per heavy atom. The van der Waals surface area contributed by atoms with Crippen LogP contribution in [0.2, 0.25) is 0 Å². The minimum atomic E-state index is -1.08. The molecule has 0 atom stereocenters. The molecule has 130 valence electrons. The van der Waals surface area contributed by atoms with Crippen LogP contribution in [0.1, 0.15) is 16.7 Å². The van der Waals surface area contributed by atoms with Crippen LogP contribution in [0.3, 0.4) is 0 Å². The van der Waals surface area contributed by atoms with E-state index in [1.807, 2.05) is 12.1 Å². The Labute approximate surface area is 150 Å². The number of nitrogens with one attached hydrogen (secondary N) is 1. The number of amides is 1. The monoisotopic (exact) mass is 347 g/mol. The summed E-state index contributed by atoms with van der Waals surface area (Å²) in [4.78, 5) is 13.2. The van der Waals surface area contributed by atoms with Crippen molar-refractivity contribution < 1.29 is 19.7 Å². The topological polar surface area (TPSA) is 78.8 Å². The summed E-state index contributed by atoms with van der Waals surface area (Å²) in [5, 5.41) is 22.3. The first-order chi connectivity index (χ1) is 12.6. The Kier molecular flexibility index (Phi) is 3.58. The number of hydrogen-bond donors (Lipinski definition) is 3. The van der Waals surface area contributed by atoms with Crippen molar-refractivity contribution in [3.05, 3.63) is 83.4 Å². The molecule has 5 nitrogen and oxygen atoms in total. The number of phenolic OH excluding ortho intramolecular Hbond substituents is 2. The molecule has 26 heavy (non-hydrogen) atoms. The van der Waals surface area contributed by atoms with Gasteiger partial charge in [0.1, 0.15) is 22.7 Å². The lowest BCUT2D eigenvalue weighted by molar-refractivity contribution is -0.118. The maximum atomic E-state index is 13.2. The average Bonchev–Trinajstić information content (AvgIpc) is 2.95. The number of carbonyl (C=O) groups excluding carboxylic acids is 1. The maximum Gasteiger partial charge on any atom is 0.244 e. The molecule has 4 rings (SSSR count). The van der Waals surface area contributed by atoms with Crippen LogP contribution in [-0.4, -0.2) is 23.2 Å². The average molecular weight is 347 g/mol. The normalized spacial score (nSPS) is 14.6. The largest absolute Gasteiger partial charge is 0.508 e. The molecule has 0 saturated carbocycles. The Balaban J connectivity index is 2.03. The first-order valence-electron chi connectivity index (χ1n) is 8.14. The van der Waals surface area contributed by atoms with Gasteiger partial charge in [0.2, 0.25) is 5.91 Å². The number of aromatic hydroxyl groups is 2. The van der Waals surface area contributed by atoms with Gasteiger partial charge in [0.25, 0.3) is 0 Å². The third-order valence-electron chi connectivity index (χ3n) is 4.82. The van der Waals surface area contributed by atoms with E-state index in [-0.39, 0.29) is 17.4 Å². The van der Waals surface area contributed by atoms with Gasteiger partial charge in [-0.05, 0) is 41.5 Å². The number of carbonyl (C=O) groups is 1. The van der Waals surface area contributed by atoms with E-state index in [0.29, 0.717) is 11.4 Å². The van der Waals surface area contributed by atoms with E-state index in [1.165, 1.54) is 0 Å². The summed E-state index contributed by atoms with van der Waals surface area (Å²) in [7, 11) is 1.58. The fraction of sp³-hybridized carbons (Fsp3) is 0.0952. The van der Waals surface area contributed by atoms with Crippen molar-refractivity contribution in [3.8, 4) is 17.2 Å². The number of hydrogen-bond acceptors (Lipinski definition) is 4. The first-order valence-corrected chi connectivity index (χ1v) is 8.14. The second-order valence-corrected chi connectivity index (χ2v) is 6.21. The van der Waals surface area contributed by atoms with Gasteiger partial charge in [-0.3, -0.25) is 4.79 Å². The molecule has 3 N–H and O–H groups in total. The Morgan fingerprint density at radius 1 is 0.846 bits per heavy atom. The van der Waals surface area contributed by atoms with Gasteiger partial charge in [-0.2, -0.15) is 0 Å². The van der Waals surface area contributed by atoms with Crippen LogP contribution in [0.4, 0.5) is 5.69 Å². The van der Waals surface area contributed by atoms with Gasteiger partial charge in [-0.1, -0.05) is 30.3 Å². The fourth-order valence-corrected chi connectivity index (χ4v) is 3.58. The lowest BCUT2D eigenvalue weighted by atomic mass is 9.70. The molecule has 0 radical (unpaired) electrons. The third-order valence-corrected chi connectivity index (χ3v) is 4.82. The summed E-state index contributed by atoms with van der Waals surface area (Å²) in [5.74, 6) is 0.708. The third kappa shape index (κ3) is 2.21. The van der Waals surface area contributed by atoms with Crippen molar-refractivity contribution in [1.82, 2.24) is 0 Å². The molecule has 0 unspecified atom stereocenters. The minimum absolute atomic E-state index is 0.128. The first kappa shape index (κ1) is 16.0. The van der Waals surface area contributed by atoms with Gasteiger partial charge in [0.05, 0.1) is 7.11 Å². The predicted molar refractivity (Wildman–Crippen MR) is 97.7 cm³/mol. The van der Waals surface area contributed by atoms with Crippen molar-refractivity contribution >= 4 is 11.6 Å². The van der Waals surface area contributed by atoms with Crippen LogP contribution in [0.5, 0.6) is 17.2 Å². The van der Waals surface area contributed by atoms with E-state index >= 15 is 0 Å². The summed E-state index contributed by atoms with van der Waals surface area (Å²) in [5.41, 5.74) is 1.84. The molecule has 0 saturated heterocycles. The second kappa shape index (κ2) is 5.81. The zero-order valence-corrected chi connectivity index (χ0v) is 14.1. The van der Waals surface area contributed by atoms with Crippen molar-refractivity contribution in [3.63, 3.8) is 0 Å². The molecule has 0 fully saturated rings. The Hall–Kier alpha value is -3.47. The molecule has 1 amide bonds. The summed E-state index contributed by atoms with van der Waals surface area (Å²) in [6.07, 6.45) is 0. The number of ether oxygens (including phenoxy) is 1. The number of benzene rings is 3. The highest BCUT2D eigenvalue weighted by Gasteiger charge is 2.49. The zero-order chi connectivity index (χ0) is 18.3. The summed E-state index contributed by atoms with van der Waals surface area (Å²) in [6, 6.07) is 18.7. The standard InChI is InChI=1S/C21H17NO4/c1-26-17-10-11-18-19(12-17)22-20(25)21(18,13-2-6-15(23)7-3-13)14-4-8-16(24)9-5-14/h2-12,23-24H,1H3,(H,22,25). The summed E-state index contributed by atoms with van der Waals surface area (Å²) >= 11 is 0.